The van der Waals surface area contributed by atoms with E-state index >= 15 is 10.2 Å². The first-order valence-electron chi connectivity index (χ1n) is 32.8. The summed E-state index contributed by atoms with van der Waals surface area (Å²) in [6.45, 7) is 19.6. The zero-order chi connectivity index (χ0) is 57.1. The van der Waals surface area contributed by atoms with Crippen molar-refractivity contribution in [1.29, 1.82) is 0 Å². The fourth-order valence-corrected chi connectivity index (χ4v) is 17.2. The summed E-state index contributed by atoms with van der Waals surface area (Å²) in [5.74, 6) is 6.31. The number of pyridine rings is 1. The molecule has 8 aliphatic carbocycles. The molecule has 5 aromatic rings. The van der Waals surface area contributed by atoms with E-state index in [-0.39, 0.29) is 56.4 Å². The molecule has 13 rings (SSSR count). The molecule has 1 heterocycles. The van der Waals surface area contributed by atoms with Gasteiger partial charge in [0, 0.05) is 11.1 Å². The van der Waals surface area contributed by atoms with E-state index in [4.69, 9.17) is 14.5 Å². The number of hydrogen-bond donors (Lipinski definition) is 0. The molecule has 8 fully saturated rings. The van der Waals surface area contributed by atoms with Crippen LogP contribution in [0.15, 0.2) is 78.9 Å². The van der Waals surface area contributed by atoms with Crippen molar-refractivity contribution in [1.82, 2.24) is 4.98 Å². The molecule has 0 aliphatic heterocycles. The third-order valence-corrected chi connectivity index (χ3v) is 20.5. The minimum absolute atomic E-state index is 0.0623. The summed E-state index contributed by atoms with van der Waals surface area (Å²) in [5, 5.41) is 31.6. The Morgan fingerprint density at radius 3 is 1.11 bits per heavy atom. The molecular weight excluding hydrogens is 1070 g/mol. The van der Waals surface area contributed by atoms with Crippen molar-refractivity contribution in [3.8, 4) is 67.8 Å². The zero-order valence-corrected chi connectivity index (χ0v) is 54.4. The minimum atomic E-state index is -0.162. The number of hydrogen-bond acceptors (Lipinski definition) is 5. The normalized spacial score (nSPS) is 25.2. The molecule has 0 saturated heterocycles. The van der Waals surface area contributed by atoms with Gasteiger partial charge in [0.25, 0.3) is 0 Å². The third-order valence-electron chi connectivity index (χ3n) is 20.5. The Bertz CT molecular complexity index is 2670. The van der Waals surface area contributed by atoms with E-state index in [1.807, 2.05) is 0 Å². The van der Waals surface area contributed by atoms with Gasteiger partial charge in [-0.15, -0.1) is 0 Å². The predicted molar refractivity (Wildman–Crippen MR) is 331 cm³/mol. The monoisotopic (exact) mass is 1170 g/mol. The molecule has 0 N–H and O–H groups in total. The summed E-state index contributed by atoms with van der Waals surface area (Å²) in [4.78, 5) is 5.64. The molecule has 0 spiro atoms. The van der Waals surface area contributed by atoms with E-state index in [1.54, 1.807) is 0 Å². The quantitative estimate of drug-likeness (QED) is 0.0645. The number of aromatic nitrogens is 1. The third kappa shape index (κ3) is 13.5. The first kappa shape index (κ1) is 60.2. The molecule has 0 atom stereocenters. The molecule has 8 aliphatic rings. The van der Waals surface area contributed by atoms with Crippen LogP contribution in [0.2, 0.25) is 9.26 Å². The van der Waals surface area contributed by atoms with Crippen molar-refractivity contribution in [2.24, 2.45) is 35.5 Å². The van der Waals surface area contributed by atoms with Crippen LogP contribution in [0.25, 0.3) is 44.8 Å². The summed E-state index contributed by atoms with van der Waals surface area (Å²) >= 11 is 0.230. The van der Waals surface area contributed by atoms with Crippen molar-refractivity contribution in [2.75, 3.05) is 13.2 Å². The second kappa shape index (κ2) is 25.8. The van der Waals surface area contributed by atoms with Gasteiger partial charge in [0.15, 0.2) is 0 Å². The van der Waals surface area contributed by atoms with E-state index in [0.717, 1.165) is 167 Å². The van der Waals surface area contributed by atoms with Crippen LogP contribution in [-0.2, 0) is 44.9 Å². The van der Waals surface area contributed by atoms with Gasteiger partial charge in [-0.3, -0.25) is 0 Å². The maximum absolute atomic E-state index is 15.8. The van der Waals surface area contributed by atoms with E-state index in [0.29, 0.717) is 13.2 Å². The van der Waals surface area contributed by atoms with Gasteiger partial charge >= 0.3 is 32.5 Å². The first-order chi connectivity index (χ1) is 38.9. The van der Waals surface area contributed by atoms with Crippen molar-refractivity contribution in [3.63, 3.8) is 0 Å². The van der Waals surface area contributed by atoms with Gasteiger partial charge < -0.3 is 19.7 Å². The van der Waals surface area contributed by atoms with E-state index in [2.05, 4.69) is 144 Å². The van der Waals surface area contributed by atoms with Crippen LogP contribution in [0.4, 0.5) is 0 Å². The maximum atomic E-state index is 15.8. The molecule has 8 bridgehead atoms. The Morgan fingerprint density at radius 1 is 0.444 bits per heavy atom. The number of rotatable bonds is 22. The molecule has 4 aromatic carbocycles. The Kier molecular flexibility index (Phi) is 19.2. The fourth-order valence-electron chi connectivity index (χ4n) is 17.2. The average Bonchev–Trinajstić information content (AvgIpc) is 3.62. The summed E-state index contributed by atoms with van der Waals surface area (Å²) in [6.07, 6.45) is 29.2. The van der Waals surface area contributed by atoms with Crippen LogP contribution in [0.5, 0.6) is 23.0 Å². The molecule has 434 valence electrons. The van der Waals surface area contributed by atoms with Crippen LogP contribution in [-0.4, -0.2) is 18.2 Å². The van der Waals surface area contributed by atoms with Gasteiger partial charge in [0.1, 0.15) is 11.5 Å². The summed E-state index contributed by atoms with van der Waals surface area (Å²) in [5.41, 5.74) is 10.9. The second-order valence-electron chi connectivity index (χ2n) is 29.3. The molecule has 6 heteroatoms. The van der Waals surface area contributed by atoms with E-state index in [9.17, 15) is 0 Å². The van der Waals surface area contributed by atoms with Gasteiger partial charge in [-0.05, 0) is 240 Å². The summed E-state index contributed by atoms with van der Waals surface area (Å²) < 4.78 is 17.8. The zero-order valence-electron chi connectivity index (χ0n) is 51.9. The van der Waals surface area contributed by atoms with Gasteiger partial charge in [0.2, 0.25) is 0 Å². The molecule has 0 amide bonds. The van der Waals surface area contributed by atoms with Crippen LogP contribution in [0.3, 0.4) is 0 Å². The van der Waals surface area contributed by atoms with Gasteiger partial charge in [0.05, 0.1) is 24.6 Å². The average molecular weight is 1170 g/mol. The van der Waals surface area contributed by atoms with Crippen molar-refractivity contribution in [3.05, 3.63) is 101 Å². The molecule has 0 unspecified atom stereocenters. The van der Waals surface area contributed by atoms with E-state index in [1.165, 1.54) is 101 Å². The molecular formula is C75H101NO4Zr. The summed E-state index contributed by atoms with van der Waals surface area (Å²) in [6, 6.07) is 28.3. The second-order valence-corrected chi connectivity index (χ2v) is 31.7. The molecule has 5 nitrogen and oxygen atoms in total. The number of ether oxygens (including phenoxy) is 2. The van der Waals surface area contributed by atoms with Crippen LogP contribution in [0.1, 0.15) is 232 Å². The Morgan fingerprint density at radius 2 is 0.778 bits per heavy atom. The fraction of sp³-hybridized carbons (Fsp3) is 0.613. The topological polar surface area (TPSA) is 77.5 Å². The van der Waals surface area contributed by atoms with Crippen LogP contribution >= 0.6 is 0 Å². The van der Waals surface area contributed by atoms with Crippen LogP contribution < -0.4 is 19.7 Å². The number of benzene rings is 4. The predicted octanol–water partition coefficient (Wildman–Crippen LogP) is 20.1. The Hall–Kier alpha value is -3.89. The van der Waals surface area contributed by atoms with Crippen molar-refractivity contribution in [2.45, 2.75) is 240 Å². The van der Waals surface area contributed by atoms with E-state index < -0.39 is 0 Å². The van der Waals surface area contributed by atoms with Crippen molar-refractivity contribution < 1.29 is 42.9 Å². The SMILES string of the molecule is CCCCCCCCOc1ccc(-c2cccc(-c3ccc(OCCCCCCCC)cc3-c3cc(C(C)(C)C)cc(C45CC6CC(CC(C6)C4)C5)c3[O-])n2)c(-c2cc(C(C)(C)C)cc(C34CC5CC(CC(C5)C3)C4)c2[O-])c1.[CH3][Zr+2][CH3]. The summed E-state index contributed by atoms with van der Waals surface area (Å²) in [7, 11) is 0. The Balaban J connectivity index is 0.00000240. The Labute approximate surface area is 502 Å². The number of unbranched alkanes of at least 4 members (excludes halogenated alkanes) is 10. The van der Waals surface area contributed by atoms with Crippen molar-refractivity contribution >= 4 is 0 Å². The van der Waals surface area contributed by atoms with Gasteiger partial charge in [-0.25, -0.2) is 4.98 Å². The molecule has 1 aromatic heterocycles. The molecule has 0 radical (unpaired) electrons. The molecule has 8 saturated carbocycles. The molecule has 81 heavy (non-hydrogen) atoms. The standard InChI is InChI=1S/C73H97NO4.2CH3.Zr/c1-9-11-13-15-17-19-28-77-56-24-26-58(60(40-56)62-36-54(70(3,4)5)38-64(68(62)75)72-42-48-30-49(43-72)32-50(31-48)44-72)66-22-21-23-67(74-66)59-27-25-57(78-29-20-18-16-14-12-10-2)41-61(59)63-37-55(71(6,7)8)39-65(69(63)76)73-45-51-33-52(46-73)35-53(34-51)47-73;;;/h21-27,36-41,48-53,75-76H,9-20,28-35,42-47H2,1-8H3;2*1H3;/q;;;+2/p-2. The van der Waals surface area contributed by atoms with Gasteiger partial charge in [-0.2, -0.15) is 0 Å². The van der Waals surface area contributed by atoms with Gasteiger partial charge in [-0.1, -0.05) is 161 Å². The van der Waals surface area contributed by atoms with Crippen LogP contribution in [0, 0.1) is 35.5 Å². The number of nitrogens with zero attached hydrogens (tertiary/aromatic N) is 1. The first-order valence-corrected chi connectivity index (χ1v) is 37.7.